The van der Waals surface area contributed by atoms with Gasteiger partial charge < -0.3 is 5.32 Å². The monoisotopic (exact) mass is 255 g/mol. The van der Waals surface area contributed by atoms with Crippen molar-refractivity contribution < 1.29 is 0 Å². The van der Waals surface area contributed by atoms with Crippen molar-refractivity contribution in [3.8, 4) is 0 Å². The molecule has 16 heavy (non-hydrogen) atoms. The SMILES string of the molecule is Clc1nnc(Cl)c(NCc2ccccn2)n1. The molecule has 7 heteroatoms. The highest BCUT2D eigenvalue weighted by atomic mass is 35.5. The molecule has 0 aliphatic heterocycles. The molecule has 1 N–H and O–H groups in total. The molecule has 0 saturated heterocycles. The highest BCUT2D eigenvalue weighted by Crippen LogP contribution is 2.16. The van der Waals surface area contributed by atoms with Crippen LogP contribution in [0.5, 0.6) is 0 Å². The zero-order chi connectivity index (χ0) is 11.4. The molecule has 2 heterocycles. The Labute approximate surface area is 102 Å². The molecule has 0 unspecified atom stereocenters. The Balaban J connectivity index is 2.08. The number of aromatic nitrogens is 4. The van der Waals surface area contributed by atoms with E-state index in [0.717, 1.165) is 5.69 Å². The molecule has 0 aliphatic rings. The summed E-state index contributed by atoms with van der Waals surface area (Å²) in [4.78, 5) is 8.05. The predicted molar refractivity (Wildman–Crippen MR) is 61.4 cm³/mol. The van der Waals surface area contributed by atoms with E-state index < -0.39 is 0 Å². The summed E-state index contributed by atoms with van der Waals surface area (Å²) in [5.41, 5.74) is 0.869. The van der Waals surface area contributed by atoms with Crippen LogP contribution in [0.2, 0.25) is 10.4 Å². The largest absolute Gasteiger partial charge is 0.362 e. The molecule has 5 nitrogen and oxygen atoms in total. The Hall–Kier alpha value is -1.46. The van der Waals surface area contributed by atoms with E-state index in [1.807, 2.05) is 18.2 Å². The third kappa shape index (κ3) is 2.77. The lowest BCUT2D eigenvalue weighted by Gasteiger charge is -2.05. The number of halogens is 2. The lowest BCUT2D eigenvalue weighted by molar-refractivity contribution is 0.949. The summed E-state index contributed by atoms with van der Waals surface area (Å²) in [5, 5.41) is 10.3. The Bertz CT molecular complexity index is 477. The van der Waals surface area contributed by atoms with E-state index in [4.69, 9.17) is 23.2 Å². The molecule has 0 aliphatic carbocycles. The summed E-state index contributed by atoms with van der Waals surface area (Å²) in [6.45, 7) is 0.496. The van der Waals surface area contributed by atoms with Gasteiger partial charge in [0.05, 0.1) is 12.2 Å². The Morgan fingerprint density at radius 1 is 1.19 bits per heavy atom. The molecule has 82 valence electrons. The first-order chi connectivity index (χ1) is 7.75. The molecule has 2 aromatic rings. The molecule has 0 atom stereocenters. The maximum Gasteiger partial charge on any atom is 0.245 e. The summed E-state index contributed by atoms with van der Waals surface area (Å²) < 4.78 is 0. The second-order valence-electron chi connectivity index (χ2n) is 2.89. The Morgan fingerprint density at radius 3 is 2.81 bits per heavy atom. The van der Waals surface area contributed by atoms with E-state index in [9.17, 15) is 0 Å². The summed E-state index contributed by atoms with van der Waals surface area (Å²) in [5.74, 6) is 0.396. The quantitative estimate of drug-likeness (QED) is 0.911. The van der Waals surface area contributed by atoms with Crippen molar-refractivity contribution in [2.45, 2.75) is 6.54 Å². The van der Waals surface area contributed by atoms with Crippen LogP contribution in [0.3, 0.4) is 0 Å². The van der Waals surface area contributed by atoms with Crippen molar-refractivity contribution in [1.82, 2.24) is 20.2 Å². The van der Waals surface area contributed by atoms with Crippen LogP contribution < -0.4 is 5.32 Å². The molecule has 2 aromatic heterocycles. The van der Waals surface area contributed by atoms with Gasteiger partial charge in [0.25, 0.3) is 0 Å². The molecular weight excluding hydrogens is 249 g/mol. The molecule has 2 rings (SSSR count). The lowest BCUT2D eigenvalue weighted by Crippen LogP contribution is -2.05. The van der Waals surface area contributed by atoms with Crippen LogP contribution in [-0.2, 0) is 6.54 Å². The summed E-state index contributed by atoms with van der Waals surface area (Å²) in [7, 11) is 0. The first-order valence-corrected chi connectivity index (χ1v) is 5.21. The molecular formula is C9H7Cl2N5. The molecule has 0 amide bonds. The van der Waals surface area contributed by atoms with Gasteiger partial charge in [0, 0.05) is 6.20 Å². The maximum atomic E-state index is 5.78. The van der Waals surface area contributed by atoms with Crippen LogP contribution in [0.15, 0.2) is 24.4 Å². The molecule has 0 aromatic carbocycles. The van der Waals surface area contributed by atoms with Gasteiger partial charge in [-0.15, -0.1) is 10.2 Å². The third-order valence-corrected chi connectivity index (χ3v) is 2.20. The summed E-state index contributed by atoms with van der Waals surface area (Å²) in [6.07, 6.45) is 1.71. The van der Waals surface area contributed by atoms with E-state index >= 15 is 0 Å². The number of nitrogens with one attached hydrogen (secondary N) is 1. The van der Waals surface area contributed by atoms with Crippen molar-refractivity contribution in [3.05, 3.63) is 40.5 Å². The van der Waals surface area contributed by atoms with E-state index in [2.05, 4.69) is 25.5 Å². The minimum Gasteiger partial charge on any atom is -0.362 e. The van der Waals surface area contributed by atoms with E-state index in [1.54, 1.807) is 6.20 Å². The standard InChI is InChI=1S/C9H7Cl2N5/c10-7-8(14-9(11)16-15-7)13-5-6-3-1-2-4-12-6/h1-4H,5H2,(H,13,14,16). The first-order valence-electron chi connectivity index (χ1n) is 4.45. The van der Waals surface area contributed by atoms with Crippen LogP contribution >= 0.6 is 23.2 Å². The van der Waals surface area contributed by atoms with Gasteiger partial charge in [0.1, 0.15) is 0 Å². The van der Waals surface area contributed by atoms with Crippen LogP contribution in [0, 0.1) is 0 Å². The fraction of sp³-hybridized carbons (Fsp3) is 0.111. The van der Waals surface area contributed by atoms with Gasteiger partial charge >= 0.3 is 0 Å². The van der Waals surface area contributed by atoms with Gasteiger partial charge in [-0.1, -0.05) is 17.7 Å². The number of anilines is 1. The topological polar surface area (TPSA) is 63.6 Å². The lowest BCUT2D eigenvalue weighted by atomic mass is 10.3. The van der Waals surface area contributed by atoms with Gasteiger partial charge in [-0.25, -0.2) is 0 Å². The fourth-order valence-electron chi connectivity index (χ4n) is 1.08. The second-order valence-corrected chi connectivity index (χ2v) is 3.59. The smallest absolute Gasteiger partial charge is 0.245 e. The summed E-state index contributed by atoms with van der Waals surface area (Å²) >= 11 is 11.4. The second kappa shape index (κ2) is 5.05. The Morgan fingerprint density at radius 2 is 2.06 bits per heavy atom. The van der Waals surface area contributed by atoms with Crippen LogP contribution in [0.1, 0.15) is 5.69 Å². The van der Waals surface area contributed by atoms with E-state index in [-0.39, 0.29) is 10.4 Å². The van der Waals surface area contributed by atoms with E-state index in [0.29, 0.717) is 12.4 Å². The Kier molecular flexibility index (Phi) is 3.48. The third-order valence-electron chi connectivity index (χ3n) is 1.78. The summed E-state index contributed by atoms with van der Waals surface area (Å²) in [6, 6.07) is 5.63. The highest BCUT2D eigenvalue weighted by molar-refractivity contribution is 6.32. The van der Waals surface area contributed by atoms with Gasteiger partial charge in [-0.05, 0) is 23.7 Å². The van der Waals surface area contributed by atoms with Crippen molar-refractivity contribution in [3.63, 3.8) is 0 Å². The number of hydrogen-bond acceptors (Lipinski definition) is 5. The van der Waals surface area contributed by atoms with Crippen LogP contribution in [-0.4, -0.2) is 20.2 Å². The van der Waals surface area contributed by atoms with Crippen molar-refractivity contribution >= 4 is 29.0 Å². The zero-order valence-electron chi connectivity index (χ0n) is 8.06. The van der Waals surface area contributed by atoms with Crippen LogP contribution in [0.25, 0.3) is 0 Å². The predicted octanol–water partition coefficient (Wildman–Crippen LogP) is 2.19. The highest BCUT2D eigenvalue weighted by Gasteiger charge is 2.05. The molecule has 0 saturated carbocycles. The molecule has 0 fully saturated rings. The molecule has 0 spiro atoms. The van der Waals surface area contributed by atoms with E-state index in [1.165, 1.54) is 0 Å². The molecule has 0 bridgehead atoms. The minimum atomic E-state index is 0.0490. The van der Waals surface area contributed by atoms with Crippen molar-refractivity contribution in [2.24, 2.45) is 0 Å². The van der Waals surface area contributed by atoms with Crippen LogP contribution in [0.4, 0.5) is 5.82 Å². The maximum absolute atomic E-state index is 5.78. The minimum absolute atomic E-state index is 0.0490. The van der Waals surface area contributed by atoms with Gasteiger partial charge in [0.2, 0.25) is 5.28 Å². The zero-order valence-corrected chi connectivity index (χ0v) is 9.57. The number of rotatable bonds is 3. The number of nitrogens with zero attached hydrogens (tertiary/aromatic N) is 4. The van der Waals surface area contributed by atoms with Crippen molar-refractivity contribution in [1.29, 1.82) is 0 Å². The molecule has 0 radical (unpaired) electrons. The fourth-order valence-corrected chi connectivity index (χ4v) is 1.35. The van der Waals surface area contributed by atoms with Crippen molar-refractivity contribution in [2.75, 3.05) is 5.32 Å². The average molecular weight is 256 g/mol. The van der Waals surface area contributed by atoms with Gasteiger partial charge in [-0.3, -0.25) is 4.98 Å². The average Bonchev–Trinajstić information content (AvgIpc) is 2.32. The van der Waals surface area contributed by atoms with Gasteiger partial charge in [-0.2, -0.15) is 4.98 Å². The number of hydrogen-bond donors (Lipinski definition) is 1. The van der Waals surface area contributed by atoms with Gasteiger partial charge in [0.15, 0.2) is 11.0 Å². The normalized spacial score (nSPS) is 10.1. The number of pyridine rings is 1. The first kappa shape index (κ1) is 11.0.